The molecule has 3 aromatic heterocycles. The third-order valence-corrected chi connectivity index (χ3v) is 5.71. The first-order chi connectivity index (χ1) is 15.2. The summed E-state index contributed by atoms with van der Waals surface area (Å²) in [7, 11) is 0. The van der Waals surface area contributed by atoms with Gasteiger partial charge in [0.25, 0.3) is 5.56 Å². The number of aromatic nitrogens is 3. The summed E-state index contributed by atoms with van der Waals surface area (Å²) in [6.07, 6.45) is 0.394. The molecule has 0 radical (unpaired) electrons. The molecule has 10 nitrogen and oxygen atoms in total. The van der Waals surface area contributed by atoms with E-state index >= 15 is 0 Å². The van der Waals surface area contributed by atoms with Gasteiger partial charge in [0.15, 0.2) is 5.78 Å². The van der Waals surface area contributed by atoms with Crippen molar-refractivity contribution < 1.29 is 24.6 Å². The fourth-order valence-electron chi connectivity index (χ4n) is 3.06. The second-order valence-electron chi connectivity index (χ2n) is 7.07. The molecule has 0 aliphatic carbocycles. The van der Waals surface area contributed by atoms with Crippen molar-refractivity contribution in [1.29, 1.82) is 0 Å². The topological polar surface area (TPSA) is 179 Å². The van der Waals surface area contributed by atoms with Crippen LogP contribution in [0, 0.1) is 17.8 Å². The van der Waals surface area contributed by atoms with Crippen LogP contribution in [0.15, 0.2) is 23.0 Å². The van der Waals surface area contributed by atoms with Crippen molar-refractivity contribution in [3.8, 4) is 11.8 Å². The van der Waals surface area contributed by atoms with E-state index in [2.05, 4.69) is 26.8 Å². The van der Waals surface area contributed by atoms with Gasteiger partial charge >= 0.3 is 11.9 Å². The van der Waals surface area contributed by atoms with Gasteiger partial charge in [-0.25, -0.2) is 0 Å². The lowest BCUT2D eigenvalue weighted by atomic mass is 9.96. The molecule has 0 spiro atoms. The molecular weight excluding hydrogens is 436 g/mol. The van der Waals surface area contributed by atoms with Crippen molar-refractivity contribution in [1.82, 2.24) is 15.0 Å². The number of thiophene rings is 1. The summed E-state index contributed by atoms with van der Waals surface area (Å²) < 4.78 is 0. The fourth-order valence-corrected chi connectivity index (χ4v) is 3.89. The van der Waals surface area contributed by atoms with Crippen LogP contribution in [0.5, 0.6) is 0 Å². The van der Waals surface area contributed by atoms with Crippen molar-refractivity contribution in [2.75, 3.05) is 5.73 Å². The molecule has 0 fully saturated rings. The van der Waals surface area contributed by atoms with Gasteiger partial charge in [0.1, 0.15) is 5.65 Å². The van der Waals surface area contributed by atoms with Crippen molar-refractivity contribution in [2.24, 2.45) is 5.92 Å². The predicted molar refractivity (Wildman–Crippen MR) is 118 cm³/mol. The zero-order valence-electron chi connectivity index (χ0n) is 16.8. The average Bonchev–Trinajstić information content (AvgIpc) is 3.35. The number of rotatable bonds is 9. The minimum atomic E-state index is -1.19. The summed E-state index contributed by atoms with van der Waals surface area (Å²) in [5, 5.41) is 18.3. The molecule has 0 amide bonds. The number of nitrogens with zero attached hydrogens (tertiary/aromatic N) is 1. The highest BCUT2D eigenvalue weighted by atomic mass is 32.1. The van der Waals surface area contributed by atoms with E-state index in [0.717, 1.165) is 17.0 Å². The predicted octanol–water partition coefficient (Wildman–Crippen LogP) is 2.02. The zero-order valence-corrected chi connectivity index (χ0v) is 17.6. The Morgan fingerprint density at radius 3 is 2.72 bits per heavy atom. The minimum absolute atomic E-state index is 0.0373. The Labute approximate surface area is 185 Å². The van der Waals surface area contributed by atoms with Gasteiger partial charge in [0.2, 0.25) is 5.95 Å². The van der Waals surface area contributed by atoms with Gasteiger partial charge in [-0.3, -0.25) is 24.2 Å². The van der Waals surface area contributed by atoms with E-state index in [1.807, 2.05) is 0 Å². The van der Waals surface area contributed by atoms with Gasteiger partial charge in [0.05, 0.1) is 21.1 Å². The smallest absolute Gasteiger partial charge is 0.306 e. The van der Waals surface area contributed by atoms with Gasteiger partial charge in [-0.15, -0.1) is 11.3 Å². The maximum absolute atomic E-state index is 12.4. The number of carboxylic acids is 2. The summed E-state index contributed by atoms with van der Waals surface area (Å²) in [5.74, 6) is 2.33. The first-order valence-corrected chi connectivity index (χ1v) is 10.5. The van der Waals surface area contributed by atoms with Crippen LogP contribution in [0.25, 0.3) is 11.0 Å². The lowest BCUT2D eigenvalue weighted by Gasteiger charge is -2.09. The number of nitrogens with two attached hydrogens (primary N) is 1. The summed E-state index contributed by atoms with van der Waals surface area (Å²) in [6.45, 7) is 0. The third kappa shape index (κ3) is 5.83. The SMILES string of the molecule is Nc1nc2[nH]c(CCC#Cc3ccc(C(=O)C[C@@H](CCC(=O)O)C(=O)O)s3)cc2c(=O)[nH]1. The van der Waals surface area contributed by atoms with E-state index in [1.54, 1.807) is 18.2 Å². The Morgan fingerprint density at radius 1 is 1.22 bits per heavy atom. The number of Topliss-reactive ketones (excluding diaryl/α,β-unsaturated/α-hetero) is 1. The molecule has 3 rings (SSSR count). The monoisotopic (exact) mass is 456 g/mol. The molecule has 0 saturated carbocycles. The quantitative estimate of drug-likeness (QED) is 0.239. The number of fused-ring (bicyclic) bond motifs is 1. The van der Waals surface area contributed by atoms with Crippen LogP contribution in [0.3, 0.4) is 0 Å². The number of hydrogen-bond donors (Lipinski definition) is 5. The Hall–Kier alpha value is -3.91. The molecule has 3 heterocycles. The minimum Gasteiger partial charge on any atom is -0.481 e. The zero-order chi connectivity index (χ0) is 23.3. The van der Waals surface area contributed by atoms with Crippen LogP contribution < -0.4 is 11.3 Å². The average molecular weight is 456 g/mol. The second kappa shape index (κ2) is 9.93. The molecule has 166 valence electrons. The number of H-pyrrole nitrogens is 2. The van der Waals surface area contributed by atoms with Crippen LogP contribution in [-0.2, 0) is 16.0 Å². The maximum atomic E-state index is 12.4. The number of aliphatic carboxylic acids is 2. The molecule has 32 heavy (non-hydrogen) atoms. The lowest BCUT2D eigenvalue weighted by Crippen LogP contribution is -2.19. The summed E-state index contributed by atoms with van der Waals surface area (Å²) >= 11 is 1.16. The Kier molecular flexibility index (Phi) is 7.07. The number of carbonyl (C=O) groups excluding carboxylic acids is 1. The molecule has 0 aliphatic heterocycles. The molecule has 0 unspecified atom stereocenters. The van der Waals surface area contributed by atoms with Crippen molar-refractivity contribution in [3.05, 3.63) is 44.0 Å². The molecule has 11 heteroatoms. The van der Waals surface area contributed by atoms with E-state index in [4.69, 9.17) is 10.8 Å². The molecule has 0 bridgehead atoms. The fraction of sp³-hybridized carbons (Fsp3) is 0.286. The van der Waals surface area contributed by atoms with E-state index in [-0.39, 0.29) is 36.6 Å². The molecular formula is C21H20N4O6S. The van der Waals surface area contributed by atoms with Gasteiger partial charge in [-0.1, -0.05) is 11.8 Å². The van der Waals surface area contributed by atoms with E-state index in [0.29, 0.717) is 33.6 Å². The first kappa shape index (κ1) is 22.8. The Balaban J connectivity index is 1.58. The second-order valence-corrected chi connectivity index (χ2v) is 8.15. The van der Waals surface area contributed by atoms with Crippen molar-refractivity contribution in [2.45, 2.75) is 32.1 Å². The number of aromatic amines is 2. The van der Waals surface area contributed by atoms with Crippen LogP contribution >= 0.6 is 11.3 Å². The maximum Gasteiger partial charge on any atom is 0.306 e. The van der Waals surface area contributed by atoms with Crippen LogP contribution in [-0.4, -0.2) is 42.9 Å². The number of hydrogen-bond acceptors (Lipinski definition) is 7. The number of aryl methyl sites for hydroxylation is 1. The molecule has 3 aromatic rings. The number of anilines is 1. The van der Waals surface area contributed by atoms with Gasteiger partial charge in [-0.05, 0) is 31.0 Å². The number of nitrogens with one attached hydrogen (secondary N) is 2. The van der Waals surface area contributed by atoms with E-state index in [1.165, 1.54) is 0 Å². The highest BCUT2D eigenvalue weighted by Crippen LogP contribution is 2.21. The first-order valence-electron chi connectivity index (χ1n) is 9.67. The summed E-state index contributed by atoms with van der Waals surface area (Å²) in [5.41, 5.74) is 6.42. The van der Waals surface area contributed by atoms with Crippen molar-refractivity contribution in [3.63, 3.8) is 0 Å². The molecule has 0 saturated heterocycles. The largest absolute Gasteiger partial charge is 0.481 e. The Bertz CT molecular complexity index is 1290. The Morgan fingerprint density at radius 2 is 2.00 bits per heavy atom. The van der Waals surface area contributed by atoms with Gasteiger partial charge < -0.3 is 20.9 Å². The molecule has 0 aliphatic rings. The number of carbonyl (C=O) groups is 3. The van der Waals surface area contributed by atoms with Crippen LogP contribution in [0.2, 0.25) is 0 Å². The number of ketones is 1. The number of carboxylic acid groups (broad SMARTS) is 2. The third-order valence-electron chi connectivity index (χ3n) is 4.67. The van der Waals surface area contributed by atoms with E-state index < -0.39 is 17.9 Å². The summed E-state index contributed by atoms with van der Waals surface area (Å²) in [4.78, 5) is 56.7. The molecule has 1 atom stereocenters. The van der Waals surface area contributed by atoms with Gasteiger partial charge in [0, 0.05) is 25.0 Å². The van der Waals surface area contributed by atoms with Crippen LogP contribution in [0.4, 0.5) is 5.95 Å². The highest BCUT2D eigenvalue weighted by Gasteiger charge is 2.23. The molecule has 6 N–H and O–H groups in total. The lowest BCUT2D eigenvalue weighted by molar-refractivity contribution is -0.142. The standard InChI is InChI=1S/C21H20N4O6S/c22-21-24-18-14(19(29)25-21)10-12(23-18)3-1-2-4-13-6-7-16(32-13)15(26)9-11(20(30)31)5-8-17(27)28/h6-7,10-11H,1,3,5,8-9H2,(H,27,28)(H,30,31)(H4,22,23,24,25,29)/t11-/m1/s1. The molecule has 0 aromatic carbocycles. The van der Waals surface area contributed by atoms with E-state index in [9.17, 15) is 24.3 Å². The highest BCUT2D eigenvalue weighted by molar-refractivity contribution is 7.14. The normalized spacial score (nSPS) is 11.6. The van der Waals surface area contributed by atoms with Gasteiger partial charge in [-0.2, -0.15) is 4.98 Å². The summed E-state index contributed by atoms with van der Waals surface area (Å²) in [6, 6.07) is 4.98. The number of nitrogen functional groups attached to an aromatic ring is 1. The van der Waals surface area contributed by atoms with Crippen molar-refractivity contribution >= 4 is 46.0 Å². The van der Waals surface area contributed by atoms with Crippen LogP contribution in [0.1, 0.15) is 45.9 Å².